The first-order valence-electron chi connectivity index (χ1n) is 7.49. The molecule has 3 N–H and O–H groups in total. The zero-order valence-corrected chi connectivity index (χ0v) is 24.3. The zero-order chi connectivity index (χ0) is 19.5. The van der Waals surface area contributed by atoms with Crippen LogP contribution in [0.4, 0.5) is 16.4 Å². The van der Waals surface area contributed by atoms with Crippen molar-refractivity contribution >= 4 is 40.3 Å². The van der Waals surface area contributed by atoms with Crippen molar-refractivity contribution in [3.8, 4) is 0 Å². The molecule has 0 spiro atoms. The van der Waals surface area contributed by atoms with Crippen molar-refractivity contribution in [1.82, 2.24) is 9.97 Å². The van der Waals surface area contributed by atoms with Crippen LogP contribution < -0.4 is 11.1 Å². The molecule has 2 heterocycles. The van der Waals surface area contributed by atoms with E-state index in [0.717, 1.165) is 11.1 Å². The number of pyridine rings is 2. The van der Waals surface area contributed by atoms with Crippen LogP contribution in [0.5, 0.6) is 0 Å². The molecule has 0 aliphatic rings. The van der Waals surface area contributed by atoms with Gasteiger partial charge in [-0.1, -0.05) is 56.3 Å². The van der Waals surface area contributed by atoms with Crippen molar-refractivity contribution in [2.75, 3.05) is 16.0 Å². The summed E-state index contributed by atoms with van der Waals surface area (Å²) in [6.45, 7) is 9.12. The number of ether oxygens (including phenoxy) is 1. The second kappa shape index (κ2) is 18.5. The van der Waals surface area contributed by atoms with Crippen LogP contribution in [0.15, 0.2) is 24.5 Å². The van der Waals surface area contributed by atoms with Crippen LogP contribution in [-0.4, -0.2) is 26.6 Å². The number of hydrogen-bond donors (Lipinski definition) is 2. The number of hydrogen-bond acceptors (Lipinski definition) is 5. The molecule has 9 heteroatoms. The number of amides is 1. The van der Waals surface area contributed by atoms with E-state index in [4.69, 9.17) is 10.5 Å². The van der Waals surface area contributed by atoms with Crippen LogP contribution in [0, 0.1) is 26.0 Å². The molecule has 0 saturated carbocycles. The summed E-state index contributed by atoms with van der Waals surface area (Å²) < 4.78 is 5.09. The first-order valence-corrected chi connectivity index (χ1v) is 9.64. The summed E-state index contributed by atoms with van der Waals surface area (Å²) in [5.74, 6) is 1.04. The fraction of sp³-hybridized carbons (Fsp3) is 0.421. The van der Waals surface area contributed by atoms with Gasteiger partial charge in [0.05, 0.1) is 0 Å². The second-order valence-electron chi connectivity index (χ2n) is 5.79. The summed E-state index contributed by atoms with van der Waals surface area (Å²) in [5, 5.41) is 2.56. The number of rotatable bonds is 1. The first-order chi connectivity index (χ1) is 11.7. The largest absolute Gasteiger partial charge is 0.444 e. The van der Waals surface area contributed by atoms with Crippen molar-refractivity contribution in [2.45, 2.75) is 47.6 Å². The second-order valence-corrected chi connectivity index (χ2v) is 5.79. The quantitative estimate of drug-likeness (QED) is 0.240. The standard InChI is InChI=1S/C11H15N2O2.C6H7N2.CH3I.CH4.2W/c1-8-6-5-7-12-9(8)13-10(14)15-11(2,3)4;1-5-3-2-4-8-6(5)7;1-2;;;/h5,7H,1-4H3,(H,12,13,14);2,4H,1H3,(H2,7,8);1H3;1H4;;/q2*-1;;;;. The zero-order valence-electron chi connectivity index (χ0n) is 16.3. The smallest absolute Gasteiger partial charge is 0.402 e. The number of carbonyl (C=O) groups is 1. The third kappa shape index (κ3) is 16.4. The maximum atomic E-state index is 11.4. The van der Waals surface area contributed by atoms with E-state index in [9.17, 15) is 4.79 Å². The van der Waals surface area contributed by atoms with E-state index in [1.165, 1.54) is 0 Å². The third-order valence-corrected chi connectivity index (χ3v) is 2.52. The minimum atomic E-state index is -0.503. The van der Waals surface area contributed by atoms with Gasteiger partial charge in [0.1, 0.15) is 5.60 Å². The molecule has 2 aromatic heterocycles. The minimum Gasteiger partial charge on any atom is -0.444 e. The molecule has 0 aliphatic heterocycles. The van der Waals surface area contributed by atoms with Gasteiger partial charge in [-0.2, -0.15) is 24.3 Å². The van der Waals surface area contributed by atoms with Gasteiger partial charge in [-0.25, -0.2) is 4.79 Å². The summed E-state index contributed by atoms with van der Waals surface area (Å²) >= 11 is 2.15. The molecule has 0 bridgehead atoms. The van der Waals surface area contributed by atoms with Crippen LogP contribution in [0.2, 0.25) is 0 Å². The van der Waals surface area contributed by atoms with Gasteiger partial charge in [-0.05, 0) is 25.7 Å². The Morgan fingerprint density at radius 2 is 1.54 bits per heavy atom. The fourth-order valence-electron chi connectivity index (χ4n) is 1.42. The average Bonchev–Trinajstić information content (AvgIpc) is 2.53. The fourth-order valence-corrected chi connectivity index (χ4v) is 1.42. The molecular weight excluding hydrogens is 811 g/mol. The van der Waals surface area contributed by atoms with Crippen molar-refractivity contribution in [3.63, 3.8) is 0 Å². The number of nitrogens with one attached hydrogen (secondary N) is 1. The number of carbonyl (C=O) groups excluding carboxylic acids is 1. The Hall–Kier alpha value is -0.523. The Bertz CT molecular complexity index is 647. The van der Waals surface area contributed by atoms with Crippen LogP contribution in [-0.2, 0) is 46.9 Å². The minimum absolute atomic E-state index is 0. The molecule has 0 radical (unpaired) electrons. The molecule has 28 heavy (non-hydrogen) atoms. The van der Waals surface area contributed by atoms with Crippen molar-refractivity contribution in [3.05, 3.63) is 47.8 Å². The van der Waals surface area contributed by atoms with E-state index in [1.54, 1.807) is 24.5 Å². The molecule has 6 nitrogen and oxygen atoms in total. The number of nitrogen functional groups attached to an aromatic ring is 1. The summed E-state index contributed by atoms with van der Waals surface area (Å²) in [5.41, 5.74) is 6.56. The Labute approximate surface area is 211 Å². The summed E-state index contributed by atoms with van der Waals surface area (Å²) in [6.07, 6.45) is 2.69. The predicted molar refractivity (Wildman–Crippen MR) is 117 cm³/mol. The topological polar surface area (TPSA) is 90.1 Å². The van der Waals surface area contributed by atoms with Crippen molar-refractivity contribution in [2.24, 2.45) is 0 Å². The maximum absolute atomic E-state index is 11.4. The van der Waals surface area contributed by atoms with E-state index in [-0.39, 0.29) is 49.6 Å². The van der Waals surface area contributed by atoms with E-state index in [2.05, 4.69) is 50.0 Å². The Morgan fingerprint density at radius 1 is 1.07 bits per heavy atom. The Morgan fingerprint density at radius 3 is 1.89 bits per heavy atom. The molecule has 0 aliphatic carbocycles. The van der Waals surface area contributed by atoms with Crippen LogP contribution in [0.3, 0.4) is 0 Å². The number of nitrogens with two attached hydrogens (primary N) is 1. The number of halogens is 1. The molecule has 0 unspecified atom stereocenters. The molecule has 0 fully saturated rings. The molecule has 2 rings (SSSR count). The summed E-state index contributed by atoms with van der Waals surface area (Å²) in [6, 6.07) is 9.28. The Kier molecular flexibility index (Phi) is 23.1. The normalized spacial score (nSPS) is 8.68. The van der Waals surface area contributed by atoms with Gasteiger partial charge in [0.2, 0.25) is 0 Å². The predicted octanol–water partition coefficient (Wildman–Crippen LogP) is 4.99. The Balaban J connectivity index is -0.000000191. The van der Waals surface area contributed by atoms with Gasteiger partial charge < -0.3 is 25.8 Å². The molecule has 0 atom stereocenters. The van der Waals surface area contributed by atoms with Gasteiger partial charge in [0.15, 0.2) is 0 Å². The van der Waals surface area contributed by atoms with Crippen molar-refractivity contribution < 1.29 is 51.7 Å². The van der Waals surface area contributed by atoms with E-state index >= 15 is 0 Å². The van der Waals surface area contributed by atoms with Gasteiger partial charge >= 0.3 is 6.09 Å². The molecule has 0 saturated heterocycles. The summed E-state index contributed by atoms with van der Waals surface area (Å²) in [7, 11) is 0. The van der Waals surface area contributed by atoms with E-state index in [0.29, 0.717) is 11.6 Å². The van der Waals surface area contributed by atoms with E-state index < -0.39 is 11.7 Å². The molecule has 1 amide bonds. The van der Waals surface area contributed by atoms with Crippen LogP contribution >= 0.6 is 22.6 Å². The monoisotopic (exact) mass is 840 g/mol. The number of alkyl halides is 1. The number of anilines is 2. The SMILES string of the molecule is C.CI.Cc1[c-]ccnc1N.Cc1[c-]ccnc1NC(=O)OC(C)(C)C.[W].[W]. The van der Waals surface area contributed by atoms with Gasteiger partial charge in [0.25, 0.3) is 0 Å². The molecule has 0 aromatic carbocycles. The number of aromatic nitrogens is 2. The van der Waals surface area contributed by atoms with Gasteiger partial charge in [-0.15, -0.1) is 11.1 Å². The average molecular weight is 840 g/mol. The van der Waals surface area contributed by atoms with Gasteiger partial charge in [0, 0.05) is 53.8 Å². The van der Waals surface area contributed by atoms with E-state index in [1.807, 2.05) is 39.5 Å². The first kappa shape index (κ1) is 34.9. The molecule has 158 valence electrons. The molecular formula is C19H29IN4O2W2-2. The van der Waals surface area contributed by atoms with Crippen molar-refractivity contribution in [1.29, 1.82) is 0 Å². The number of aryl methyl sites for hydroxylation is 2. The van der Waals surface area contributed by atoms with Crippen LogP contribution in [0.1, 0.15) is 39.3 Å². The maximum Gasteiger partial charge on any atom is 0.402 e. The van der Waals surface area contributed by atoms with Crippen LogP contribution in [0.25, 0.3) is 0 Å². The molecule has 2 aromatic rings. The third-order valence-electron chi connectivity index (χ3n) is 2.52. The number of nitrogens with zero attached hydrogens (tertiary/aromatic N) is 2. The summed E-state index contributed by atoms with van der Waals surface area (Å²) in [4.78, 5) is 21.2. The van der Waals surface area contributed by atoms with Gasteiger partial charge in [-0.3, -0.25) is 0 Å².